The Labute approximate surface area is 131 Å². The highest BCUT2D eigenvalue weighted by Gasteiger charge is 2.06. The molecule has 1 atom stereocenters. The normalized spacial score (nSPS) is 12.0. The number of nitrogens with one attached hydrogen (secondary N) is 2. The highest BCUT2D eigenvalue weighted by atomic mass is 32.1. The molecule has 0 saturated carbocycles. The lowest BCUT2D eigenvalue weighted by atomic mass is 10.1. The molecule has 0 amide bonds. The van der Waals surface area contributed by atoms with Crippen LogP contribution in [0.5, 0.6) is 0 Å². The van der Waals surface area contributed by atoms with Crippen molar-refractivity contribution in [2.24, 2.45) is 0 Å². The largest absolute Gasteiger partial charge is 0.469 e. The predicted octanol–water partition coefficient (Wildman–Crippen LogP) is 4.20. The van der Waals surface area contributed by atoms with Crippen molar-refractivity contribution in [1.82, 2.24) is 5.32 Å². The highest BCUT2D eigenvalue weighted by molar-refractivity contribution is 7.80. The first-order chi connectivity index (χ1) is 10.0. The van der Waals surface area contributed by atoms with E-state index in [4.69, 9.17) is 16.6 Å². The van der Waals surface area contributed by atoms with E-state index in [-0.39, 0.29) is 0 Å². The lowest BCUT2D eigenvalue weighted by molar-refractivity contribution is 0.483. The summed E-state index contributed by atoms with van der Waals surface area (Å²) in [5.74, 6) is 1.01. The average molecular weight is 302 g/mol. The minimum absolute atomic E-state index is 0.293. The average Bonchev–Trinajstić information content (AvgIpc) is 2.87. The molecular weight excluding hydrogens is 280 g/mol. The van der Waals surface area contributed by atoms with Gasteiger partial charge in [-0.1, -0.05) is 6.07 Å². The van der Waals surface area contributed by atoms with Crippen LogP contribution in [0.4, 0.5) is 5.69 Å². The Bertz CT molecular complexity index is 573. The van der Waals surface area contributed by atoms with Crippen molar-refractivity contribution >= 4 is 23.0 Å². The Morgan fingerprint density at radius 3 is 2.57 bits per heavy atom. The lowest BCUT2D eigenvalue weighted by Gasteiger charge is -2.17. The number of furan rings is 1. The van der Waals surface area contributed by atoms with Crippen molar-refractivity contribution in [3.05, 3.63) is 53.5 Å². The number of hydrogen-bond acceptors (Lipinski definition) is 2. The fourth-order valence-electron chi connectivity index (χ4n) is 2.32. The first-order valence-corrected chi connectivity index (χ1v) is 7.62. The van der Waals surface area contributed by atoms with Crippen LogP contribution in [0.15, 0.2) is 41.0 Å². The van der Waals surface area contributed by atoms with Crippen LogP contribution in [-0.2, 0) is 6.42 Å². The standard InChI is InChI=1S/C17H22N2OS/c1-12-9-13(2)11-15(10-12)19-17(21)18-14(3)6-7-16-5-4-8-20-16/h4-5,8-11,14H,6-7H2,1-3H3,(H2,18,19,21)/t14-/m1/s1. The molecule has 112 valence electrons. The summed E-state index contributed by atoms with van der Waals surface area (Å²) in [6.45, 7) is 6.29. The third-order valence-electron chi connectivity index (χ3n) is 3.26. The number of benzene rings is 1. The van der Waals surface area contributed by atoms with E-state index in [9.17, 15) is 0 Å². The smallest absolute Gasteiger partial charge is 0.170 e. The van der Waals surface area contributed by atoms with E-state index in [0.29, 0.717) is 11.2 Å². The summed E-state index contributed by atoms with van der Waals surface area (Å²) < 4.78 is 5.33. The topological polar surface area (TPSA) is 37.2 Å². The van der Waals surface area contributed by atoms with Crippen molar-refractivity contribution in [2.75, 3.05) is 5.32 Å². The van der Waals surface area contributed by atoms with Crippen LogP contribution < -0.4 is 10.6 Å². The molecule has 4 heteroatoms. The first kappa shape index (κ1) is 15.6. The SMILES string of the molecule is Cc1cc(C)cc(NC(=S)N[C@H](C)CCc2ccco2)c1. The fraction of sp³-hybridized carbons (Fsp3) is 0.353. The number of rotatable bonds is 5. The van der Waals surface area contributed by atoms with Crippen LogP contribution in [0.25, 0.3) is 0 Å². The van der Waals surface area contributed by atoms with Gasteiger partial charge in [0.2, 0.25) is 0 Å². The summed E-state index contributed by atoms with van der Waals surface area (Å²) in [7, 11) is 0. The number of anilines is 1. The van der Waals surface area contributed by atoms with Crippen LogP contribution in [-0.4, -0.2) is 11.2 Å². The molecule has 21 heavy (non-hydrogen) atoms. The molecular formula is C17H22N2OS. The van der Waals surface area contributed by atoms with Gasteiger partial charge in [-0.05, 0) is 74.8 Å². The molecule has 1 heterocycles. The van der Waals surface area contributed by atoms with Gasteiger partial charge < -0.3 is 15.1 Å². The van der Waals surface area contributed by atoms with Crippen molar-refractivity contribution in [3.63, 3.8) is 0 Å². The Hall–Kier alpha value is -1.81. The zero-order valence-electron chi connectivity index (χ0n) is 12.8. The number of thiocarbonyl (C=S) groups is 1. The van der Waals surface area contributed by atoms with Gasteiger partial charge in [0.05, 0.1) is 6.26 Å². The molecule has 0 bridgehead atoms. The molecule has 0 aliphatic heterocycles. The molecule has 0 fully saturated rings. The van der Waals surface area contributed by atoms with Crippen molar-refractivity contribution in [1.29, 1.82) is 0 Å². The van der Waals surface area contributed by atoms with Crippen LogP contribution >= 0.6 is 12.2 Å². The Morgan fingerprint density at radius 1 is 1.24 bits per heavy atom. The molecule has 0 aliphatic carbocycles. The van der Waals surface area contributed by atoms with Crippen LogP contribution in [0, 0.1) is 13.8 Å². The van der Waals surface area contributed by atoms with E-state index in [1.165, 1.54) is 11.1 Å². The molecule has 3 nitrogen and oxygen atoms in total. The molecule has 1 aromatic heterocycles. The summed E-state index contributed by atoms with van der Waals surface area (Å²) in [6.07, 6.45) is 3.59. The first-order valence-electron chi connectivity index (χ1n) is 7.21. The predicted molar refractivity (Wildman–Crippen MR) is 91.8 cm³/mol. The third kappa shape index (κ3) is 5.23. The summed E-state index contributed by atoms with van der Waals surface area (Å²) in [6, 6.07) is 10.5. The molecule has 0 spiro atoms. The molecule has 2 rings (SSSR count). The summed E-state index contributed by atoms with van der Waals surface area (Å²) in [5.41, 5.74) is 3.49. The van der Waals surface area contributed by atoms with Gasteiger partial charge in [-0.3, -0.25) is 0 Å². The summed E-state index contributed by atoms with van der Waals surface area (Å²) >= 11 is 5.37. The van der Waals surface area contributed by atoms with E-state index >= 15 is 0 Å². The Kier molecular flexibility index (Phi) is 5.39. The minimum Gasteiger partial charge on any atom is -0.469 e. The zero-order valence-corrected chi connectivity index (χ0v) is 13.6. The van der Waals surface area contributed by atoms with E-state index in [1.807, 2.05) is 12.1 Å². The lowest BCUT2D eigenvalue weighted by Crippen LogP contribution is -2.36. The second kappa shape index (κ2) is 7.27. The van der Waals surface area contributed by atoms with Crippen molar-refractivity contribution in [3.8, 4) is 0 Å². The van der Waals surface area contributed by atoms with Crippen molar-refractivity contribution in [2.45, 2.75) is 39.7 Å². The van der Waals surface area contributed by atoms with Gasteiger partial charge in [-0.2, -0.15) is 0 Å². The minimum atomic E-state index is 0.293. The van der Waals surface area contributed by atoms with E-state index in [0.717, 1.165) is 24.3 Å². The van der Waals surface area contributed by atoms with Gasteiger partial charge >= 0.3 is 0 Å². The van der Waals surface area contributed by atoms with Crippen LogP contribution in [0.3, 0.4) is 0 Å². The fourth-order valence-corrected chi connectivity index (χ4v) is 2.64. The Balaban J connectivity index is 1.80. The van der Waals surface area contributed by atoms with Gasteiger partial charge in [0.15, 0.2) is 5.11 Å². The van der Waals surface area contributed by atoms with E-state index in [2.05, 4.69) is 49.6 Å². The second-order valence-corrected chi connectivity index (χ2v) is 5.90. The molecule has 0 unspecified atom stereocenters. The maximum Gasteiger partial charge on any atom is 0.170 e. The van der Waals surface area contributed by atoms with E-state index < -0.39 is 0 Å². The van der Waals surface area contributed by atoms with Crippen LogP contribution in [0.1, 0.15) is 30.2 Å². The third-order valence-corrected chi connectivity index (χ3v) is 3.48. The quantitative estimate of drug-likeness (QED) is 0.812. The monoisotopic (exact) mass is 302 g/mol. The molecule has 0 saturated heterocycles. The molecule has 0 aliphatic rings. The van der Waals surface area contributed by atoms with Gasteiger partial charge in [-0.25, -0.2) is 0 Å². The number of hydrogen-bond donors (Lipinski definition) is 2. The maximum atomic E-state index is 5.37. The zero-order chi connectivity index (χ0) is 15.2. The molecule has 1 aromatic carbocycles. The maximum absolute atomic E-state index is 5.37. The van der Waals surface area contributed by atoms with Gasteiger partial charge in [0.25, 0.3) is 0 Å². The molecule has 2 aromatic rings. The van der Waals surface area contributed by atoms with Gasteiger partial charge in [-0.15, -0.1) is 0 Å². The Morgan fingerprint density at radius 2 is 1.95 bits per heavy atom. The summed E-state index contributed by atoms with van der Waals surface area (Å²) in [4.78, 5) is 0. The van der Waals surface area contributed by atoms with Crippen molar-refractivity contribution < 1.29 is 4.42 Å². The van der Waals surface area contributed by atoms with Gasteiger partial charge in [0, 0.05) is 18.2 Å². The second-order valence-electron chi connectivity index (χ2n) is 5.49. The summed E-state index contributed by atoms with van der Waals surface area (Å²) in [5, 5.41) is 7.21. The van der Waals surface area contributed by atoms with E-state index in [1.54, 1.807) is 6.26 Å². The number of aryl methyl sites for hydroxylation is 3. The van der Waals surface area contributed by atoms with Crippen LogP contribution in [0.2, 0.25) is 0 Å². The van der Waals surface area contributed by atoms with Gasteiger partial charge in [0.1, 0.15) is 5.76 Å². The highest BCUT2D eigenvalue weighted by Crippen LogP contribution is 2.13. The molecule has 0 radical (unpaired) electrons. The molecule has 2 N–H and O–H groups in total.